The van der Waals surface area contributed by atoms with E-state index in [1.54, 1.807) is 12.1 Å². The van der Waals surface area contributed by atoms with Crippen molar-refractivity contribution in [3.05, 3.63) is 24.3 Å². The zero-order valence-electron chi connectivity index (χ0n) is 13.9. The van der Waals surface area contributed by atoms with Gasteiger partial charge in [0.05, 0.1) is 11.5 Å². The molecule has 0 aromatic heterocycles. The Labute approximate surface area is 143 Å². The van der Waals surface area contributed by atoms with Crippen molar-refractivity contribution in [2.75, 3.05) is 26.2 Å². The van der Waals surface area contributed by atoms with Crippen LogP contribution in [-0.2, 0) is 14.8 Å². The first kappa shape index (κ1) is 18.7. The summed E-state index contributed by atoms with van der Waals surface area (Å²) in [6, 6.07) is 6.38. The van der Waals surface area contributed by atoms with E-state index in [4.69, 9.17) is 4.74 Å². The Hall–Kier alpha value is -1.64. The molecule has 1 saturated heterocycles. The van der Waals surface area contributed by atoms with Crippen LogP contribution in [0.1, 0.15) is 26.2 Å². The minimum atomic E-state index is -3.62. The van der Waals surface area contributed by atoms with Crippen molar-refractivity contribution in [2.45, 2.75) is 37.1 Å². The van der Waals surface area contributed by atoms with Gasteiger partial charge in [-0.1, -0.05) is 0 Å². The van der Waals surface area contributed by atoms with Crippen LogP contribution in [0.3, 0.4) is 0 Å². The maximum Gasteiger partial charge on any atom is 0.240 e. The smallest absolute Gasteiger partial charge is 0.240 e. The van der Waals surface area contributed by atoms with E-state index in [0.717, 1.165) is 25.9 Å². The number of hydrogen-bond donors (Lipinski definition) is 3. The molecule has 1 fully saturated rings. The lowest BCUT2D eigenvalue weighted by molar-refractivity contribution is -0.121. The molecular weight excluding hydrogens is 330 g/mol. The molecule has 7 nitrogen and oxygen atoms in total. The Morgan fingerprint density at radius 2 is 1.92 bits per heavy atom. The molecule has 8 heteroatoms. The number of benzene rings is 1. The Morgan fingerprint density at radius 1 is 1.25 bits per heavy atom. The van der Waals surface area contributed by atoms with Gasteiger partial charge in [-0.2, -0.15) is 0 Å². The Balaban J connectivity index is 1.78. The number of carbonyl (C=O) groups excluding carboxylic acids is 1. The summed E-state index contributed by atoms with van der Waals surface area (Å²) in [6.07, 6.45) is 1.94. The third-order valence-corrected chi connectivity index (χ3v) is 5.27. The van der Waals surface area contributed by atoms with Crippen LogP contribution in [-0.4, -0.2) is 46.6 Å². The molecular formula is C16H25N3O4S. The van der Waals surface area contributed by atoms with E-state index in [2.05, 4.69) is 15.4 Å². The first-order valence-corrected chi connectivity index (χ1v) is 9.72. The van der Waals surface area contributed by atoms with E-state index >= 15 is 0 Å². The lowest BCUT2D eigenvalue weighted by Gasteiger charge is -2.23. The molecule has 24 heavy (non-hydrogen) atoms. The minimum absolute atomic E-state index is 0.0757. The zero-order chi connectivity index (χ0) is 17.4. The standard InChI is InChI=1S/C16H25N3O4S/c1-2-23-14-3-5-15(6-4-14)24(21,22)18-12-9-16(20)19-13-7-10-17-11-8-13/h3-6,13,17-18H,2,7-12H2,1H3,(H,19,20). The average molecular weight is 355 g/mol. The number of rotatable bonds is 8. The van der Waals surface area contributed by atoms with Crippen LogP contribution >= 0.6 is 0 Å². The van der Waals surface area contributed by atoms with E-state index in [9.17, 15) is 13.2 Å². The van der Waals surface area contributed by atoms with E-state index < -0.39 is 10.0 Å². The van der Waals surface area contributed by atoms with Crippen LogP contribution in [0.15, 0.2) is 29.2 Å². The molecule has 0 aliphatic carbocycles. The van der Waals surface area contributed by atoms with Crippen LogP contribution in [0.4, 0.5) is 0 Å². The molecule has 2 rings (SSSR count). The topological polar surface area (TPSA) is 96.5 Å². The predicted octanol–water partition coefficient (Wildman–Crippen LogP) is 0.622. The molecule has 1 aromatic carbocycles. The number of ether oxygens (including phenoxy) is 1. The predicted molar refractivity (Wildman–Crippen MR) is 91.5 cm³/mol. The zero-order valence-corrected chi connectivity index (χ0v) is 14.7. The van der Waals surface area contributed by atoms with E-state index in [1.807, 2.05) is 6.92 Å². The van der Waals surface area contributed by atoms with Gasteiger partial charge >= 0.3 is 0 Å². The number of sulfonamides is 1. The molecule has 0 saturated carbocycles. The molecule has 0 spiro atoms. The molecule has 1 aliphatic heterocycles. The fourth-order valence-electron chi connectivity index (χ4n) is 2.53. The molecule has 134 valence electrons. The summed E-state index contributed by atoms with van der Waals surface area (Å²) in [4.78, 5) is 12.0. The van der Waals surface area contributed by atoms with E-state index in [0.29, 0.717) is 12.4 Å². The Morgan fingerprint density at radius 3 is 2.54 bits per heavy atom. The number of amides is 1. The van der Waals surface area contributed by atoms with Gasteiger partial charge in [-0.3, -0.25) is 4.79 Å². The van der Waals surface area contributed by atoms with Crippen LogP contribution < -0.4 is 20.1 Å². The third-order valence-electron chi connectivity index (χ3n) is 3.79. The minimum Gasteiger partial charge on any atom is -0.494 e. The van der Waals surface area contributed by atoms with Crippen molar-refractivity contribution < 1.29 is 17.9 Å². The molecule has 0 atom stereocenters. The fourth-order valence-corrected chi connectivity index (χ4v) is 3.56. The van der Waals surface area contributed by atoms with E-state index in [1.165, 1.54) is 12.1 Å². The largest absolute Gasteiger partial charge is 0.494 e. The maximum atomic E-state index is 12.2. The van der Waals surface area contributed by atoms with Gasteiger partial charge in [0.1, 0.15) is 5.75 Å². The molecule has 0 unspecified atom stereocenters. The van der Waals surface area contributed by atoms with Crippen molar-refractivity contribution in [1.29, 1.82) is 0 Å². The molecule has 1 amide bonds. The second kappa shape index (κ2) is 9.00. The van der Waals surface area contributed by atoms with Crippen molar-refractivity contribution in [3.63, 3.8) is 0 Å². The molecule has 3 N–H and O–H groups in total. The SMILES string of the molecule is CCOc1ccc(S(=O)(=O)NCCC(=O)NC2CCNCC2)cc1. The van der Waals surface area contributed by atoms with Gasteiger partial charge in [-0.25, -0.2) is 13.1 Å². The summed E-state index contributed by atoms with van der Waals surface area (Å²) < 4.78 is 32.1. The number of hydrogen-bond acceptors (Lipinski definition) is 5. The number of piperidine rings is 1. The second-order valence-electron chi connectivity index (χ2n) is 5.64. The highest BCUT2D eigenvalue weighted by Gasteiger charge is 2.17. The molecule has 1 heterocycles. The summed E-state index contributed by atoms with van der Waals surface area (Å²) in [7, 11) is -3.62. The maximum absolute atomic E-state index is 12.2. The number of carbonyl (C=O) groups is 1. The van der Waals surface area contributed by atoms with Crippen LogP contribution in [0.25, 0.3) is 0 Å². The monoisotopic (exact) mass is 355 g/mol. The number of nitrogens with one attached hydrogen (secondary N) is 3. The molecule has 1 aliphatic rings. The van der Waals surface area contributed by atoms with Gasteiger partial charge in [0, 0.05) is 19.0 Å². The molecule has 0 radical (unpaired) electrons. The fraction of sp³-hybridized carbons (Fsp3) is 0.562. The first-order chi connectivity index (χ1) is 11.5. The summed E-state index contributed by atoms with van der Waals surface area (Å²) in [5, 5.41) is 6.17. The van der Waals surface area contributed by atoms with Gasteiger partial charge in [0.15, 0.2) is 0 Å². The van der Waals surface area contributed by atoms with Crippen molar-refractivity contribution in [3.8, 4) is 5.75 Å². The van der Waals surface area contributed by atoms with Crippen molar-refractivity contribution in [2.24, 2.45) is 0 Å². The van der Waals surface area contributed by atoms with Gasteiger partial charge in [-0.05, 0) is 57.1 Å². The highest BCUT2D eigenvalue weighted by Crippen LogP contribution is 2.15. The highest BCUT2D eigenvalue weighted by molar-refractivity contribution is 7.89. The lowest BCUT2D eigenvalue weighted by atomic mass is 10.1. The normalized spacial score (nSPS) is 15.9. The second-order valence-corrected chi connectivity index (χ2v) is 7.41. The van der Waals surface area contributed by atoms with Gasteiger partial charge < -0.3 is 15.4 Å². The van der Waals surface area contributed by atoms with Crippen LogP contribution in [0, 0.1) is 0 Å². The highest BCUT2D eigenvalue weighted by atomic mass is 32.2. The summed E-state index contributed by atoms with van der Waals surface area (Å²) in [5.41, 5.74) is 0. The first-order valence-electron chi connectivity index (χ1n) is 8.24. The van der Waals surface area contributed by atoms with E-state index in [-0.39, 0.29) is 29.8 Å². The third kappa shape index (κ3) is 5.77. The van der Waals surface area contributed by atoms with Crippen LogP contribution in [0.2, 0.25) is 0 Å². The van der Waals surface area contributed by atoms with Crippen molar-refractivity contribution in [1.82, 2.24) is 15.4 Å². The Kier molecular flexibility index (Phi) is 7.01. The van der Waals surface area contributed by atoms with Gasteiger partial charge in [-0.15, -0.1) is 0 Å². The summed E-state index contributed by atoms with van der Waals surface area (Å²) in [6.45, 7) is 4.26. The van der Waals surface area contributed by atoms with Crippen molar-refractivity contribution >= 4 is 15.9 Å². The quantitative estimate of drug-likeness (QED) is 0.635. The van der Waals surface area contributed by atoms with Crippen LogP contribution in [0.5, 0.6) is 5.75 Å². The average Bonchev–Trinajstić information content (AvgIpc) is 2.56. The summed E-state index contributed by atoms with van der Waals surface area (Å²) in [5.74, 6) is 0.495. The Bertz CT molecular complexity index is 625. The molecule has 0 bridgehead atoms. The summed E-state index contributed by atoms with van der Waals surface area (Å²) >= 11 is 0. The van der Waals surface area contributed by atoms with Gasteiger partial charge in [0.2, 0.25) is 15.9 Å². The van der Waals surface area contributed by atoms with Gasteiger partial charge in [0.25, 0.3) is 0 Å². The molecule has 1 aromatic rings. The lowest BCUT2D eigenvalue weighted by Crippen LogP contribution is -2.43.